The molecule has 1 aliphatic rings. The van der Waals surface area contributed by atoms with Crippen LogP contribution in [0.1, 0.15) is 38.7 Å². The number of aromatic nitrogens is 3. The van der Waals surface area contributed by atoms with Crippen molar-refractivity contribution in [3.05, 3.63) is 30.2 Å². The van der Waals surface area contributed by atoms with E-state index in [9.17, 15) is 4.79 Å². The van der Waals surface area contributed by atoms with Crippen LogP contribution in [0.5, 0.6) is 0 Å². The Morgan fingerprint density at radius 3 is 3.00 bits per heavy atom. The summed E-state index contributed by atoms with van der Waals surface area (Å²) in [5.41, 5.74) is 4.34. The predicted molar refractivity (Wildman–Crippen MR) is 89.6 cm³/mol. The molecule has 2 heterocycles. The van der Waals surface area contributed by atoms with E-state index in [0.29, 0.717) is 12.5 Å². The summed E-state index contributed by atoms with van der Waals surface area (Å²) in [5.74, 6) is 0.240. The first-order chi connectivity index (χ1) is 11.1. The van der Waals surface area contributed by atoms with Crippen molar-refractivity contribution in [2.45, 2.75) is 33.1 Å². The maximum atomic E-state index is 11.9. The van der Waals surface area contributed by atoms with Crippen LogP contribution in [-0.2, 0) is 16.6 Å². The molecule has 1 aliphatic carbocycles. The number of fused-ring (bicyclic) bond motifs is 1. The van der Waals surface area contributed by atoms with E-state index in [1.165, 1.54) is 5.57 Å². The van der Waals surface area contributed by atoms with Gasteiger partial charge in [-0.3, -0.25) is 4.79 Å². The summed E-state index contributed by atoms with van der Waals surface area (Å²) in [6, 6.07) is 2.04. The van der Waals surface area contributed by atoms with E-state index in [2.05, 4.69) is 16.0 Å². The first-order valence-electron chi connectivity index (χ1n) is 8.24. The average molecular weight is 313 g/mol. The van der Waals surface area contributed by atoms with E-state index >= 15 is 0 Å². The lowest BCUT2D eigenvalue weighted by Crippen LogP contribution is -2.24. The number of esters is 1. The van der Waals surface area contributed by atoms with E-state index in [1.54, 1.807) is 6.33 Å². The van der Waals surface area contributed by atoms with Gasteiger partial charge in [0.2, 0.25) is 0 Å². The number of hydrogen-bond acceptors (Lipinski definition) is 4. The van der Waals surface area contributed by atoms with Crippen molar-refractivity contribution in [1.29, 1.82) is 0 Å². The van der Waals surface area contributed by atoms with Gasteiger partial charge in [-0.15, -0.1) is 0 Å². The van der Waals surface area contributed by atoms with Crippen LogP contribution >= 0.6 is 0 Å². The highest BCUT2D eigenvalue weighted by atomic mass is 16.5. The Labute approximate surface area is 136 Å². The van der Waals surface area contributed by atoms with Crippen molar-refractivity contribution in [1.82, 2.24) is 14.5 Å². The molecular weight excluding hydrogens is 290 g/mol. The third-order valence-corrected chi connectivity index (χ3v) is 4.76. The molecule has 5 nitrogen and oxygen atoms in total. The van der Waals surface area contributed by atoms with Crippen LogP contribution in [0.4, 0.5) is 0 Å². The van der Waals surface area contributed by atoms with Crippen LogP contribution in [0.2, 0.25) is 0 Å². The molecule has 0 N–H and O–H groups in total. The van der Waals surface area contributed by atoms with Gasteiger partial charge in [0.1, 0.15) is 5.52 Å². The maximum absolute atomic E-state index is 11.9. The van der Waals surface area contributed by atoms with Gasteiger partial charge in [0.05, 0.1) is 18.9 Å². The molecule has 2 aromatic heterocycles. The molecule has 122 valence electrons. The largest absolute Gasteiger partial charge is 0.466 e. The predicted octanol–water partition coefficient (Wildman–Crippen LogP) is 3.35. The summed E-state index contributed by atoms with van der Waals surface area (Å²) in [6.07, 6.45) is 8.77. The van der Waals surface area contributed by atoms with E-state index in [-0.39, 0.29) is 11.9 Å². The van der Waals surface area contributed by atoms with Gasteiger partial charge in [0.15, 0.2) is 5.65 Å². The van der Waals surface area contributed by atoms with Crippen molar-refractivity contribution in [3.8, 4) is 0 Å². The molecule has 0 aliphatic heterocycles. The molecule has 2 atom stereocenters. The fourth-order valence-electron chi connectivity index (χ4n) is 3.31. The van der Waals surface area contributed by atoms with Gasteiger partial charge in [-0.25, -0.2) is 9.97 Å². The van der Waals surface area contributed by atoms with Gasteiger partial charge in [-0.05, 0) is 43.7 Å². The highest BCUT2D eigenvalue weighted by Gasteiger charge is 2.27. The monoisotopic (exact) mass is 313 g/mol. The number of carbonyl (C=O) groups is 1. The molecule has 0 aromatic carbocycles. The number of hydrogen-bond donors (Lipinski definition) is 0. The van der Waals surface area contributed by atoms with E-state index in [4.69, 9.17) is 4.74 Å². The highest BCUT2D eigenvalue weighted by Crippen LogP contribution is 2.36. The third-order valence-electron chi connectivity index (χ3n) is 4.76. The first-order valence-corrected chi connectivity index (χ1v) is 8.24. The summed E-state index contributed by atoms with van der Waals surface area (Å²) in [6.45, 7) is 4.28. The van der Waals surface area contributed by atoms with Crippen LogP contribution in [0, 0.1) is 11.8 Å². The lowest BCUT2D eigenvalue weighted by Gasteiger charge is -2.26. The fourth-order valence-corrected chi connectivity index (χ4v) is 3.31. The summed E-state index contributed by atoms with van der Waals surface area (Å²) in [4.78, 5) is 20.8. The topological polar surface area (TPSA) is 57.0 Å². The Morgan fingerprint density at radius 2 is 2.30 bits per heavy atom. The van der Waals surface area contributed by atoms with E-state index in [0.717, 1.165) is 36.0 Å². The standard InChI is InChI=1S/C18H23N3O2/c1-4-23-18(22)12(2)13-5-7-14(8-6-13)15-9-10-19-17-16(15)20-11-21(17)3/h7,9-13H,4-6,8H2,1-3H3. The SMILES string of the molecule is CCOC(=O)C(C)C1CC=C(c2ccnc3c2ncn3C)CC1. The van der Waals surface area contributed by atoms with Gasteiger partial charge in [0, 0.05) is 18.8 Å². The molecule has 0 radical (unpaired) electrons. The summed E-state index contributed by atoms with van der Waals surface area (Å²) in [5, 5.41) is 0. The zero-order chi connectivity index (χ0) is 16.4. The number of carbonyl (C=O) groups excluding carboxylic acids is 1. The number of rotatable bonds is 4. The van der Waals surface area contributed by atoms with Crippen molar-refractivity contribution in [3.63, 3.8) is 0 Å². The Bertz CT molecular complexity index is 748. The minimum absolute atomic E-state index is 0.0416. The Kier molecular flexibility index (Phi) is 4.46. The number of nitrogens with zero attached hydrogens (tertiary/aromatic N) is 3. The van der Waals surface area contributed by atoms with Crippen LogP contribution in [0.3, 0.4) is 0 Å². The minimum atomic E-state index is -0.0784. The number of pyridine rings is 1. The van der Waals surface area contributed by atoms with E-state index < -0.39 is 0 Å². The molecule has 0 bridgehead atoms. The van der Waals surface area contributed by atoms with Gasteiger partial charge in [0.25, 0.3) is 0 Å². The zero-order valence-electron chi connectivity index (χ0n) is 14.0. The van der Waals surface area contributed by atoms with Crippen LogP contribution in [-0.4, -0.2) is 27.1 Å². The van der Waals surface area contributed by atoms with E-state index in [1.807, 2.05) is 37.7 Å². The molecule has 0 amide bonds. The second-order valence-electron chi connectivity index (χ2n) is 6.19. The molecule has 3 rings (SSSR count). The second-order valence-corrected chi connectivity index (χ2v) is 6.19. The maximum Gasteiger partial charge on any atom is 0.308 e. The van der Waals surface area contributed by atoms with Crippen LogP contribution in [0.15, 0.2) is 24.7 Å². The quantitative estimate of drug-likeness (QED) is 0.812. The summed E-state index contributed by atoms with van der Waals surface area (Å²) < 4.78 is 7.09. The highest BCUT2D eigenvalue weighted by molar-refractivity contribution is 5.87. The van der Waals surface area contributed by atoms with Crippen LogP contribution in [0.25, 0.3) is 16.7 Å². The van der Waals surface area contributed by atoms with Gasteiger partial charge in [-0.2, -0.15) is 0 Å². The molecule has 0 saturated heterocycles. The van der Waals surface area contributed by atoms with Crippen molar-refractivity contribution >= 4 is 22.7 Å². The molecule has 5 heteroatoms. The smallest absolute Gasteiger partial charge is 0.308 e. The molecule has 2 aromatic rings. The Balaban J connectivity index is 1.80. The lowest BCUT2D eigenvalue weighted by atomic mass is 9.80. The number of allylic oxidation sites excluding steroid dienone is 2. The Hall–Kier alpha value is -2.17. The number of imidazole rings is 1. The third kappa shape index (κ3) is 3.00. The van der Waals surface area contributed by atoms with Crippen molar-refractivity contribution in [2.24, 2.45) is 18.9 Å². The number of aryl methyl sites for hydroxylation is 1. The van der Waals surface area contributed by atoms with Crippen molar-refractivity contribution < 1.29 is 9.53 Å². The zero-order valence-corrected chi connectivity index (χ0v) is 14.0. The van der Waals surface area contributed by atoms with Gasteiger partial charge in [-0.1, -0.05) is 13.0 Å². The Morgan fingerprint density at radius 1 is 1.48 bits per heavy atom. The normalized spacial score (nSPS) is 19.4. The summed E-state index contributed by atoms with van der Waals surface area (Å²) >= 11 is 0. The minimum Gasteiger partial charge on any atom is -0.466 e. The molecule has 0 saturated carbocycles. The average Bonchev–Trinajstić information content (AvgIpc) is 2.96. The molecular formula is C18H23N3O2. The number of ether oxygens (including phenoxy) is 1. The van der Waals surface area contributed by atoms with Gasteiger partial charge < -0.3 is 9.30 Å². The van der Waals surface area contributed by atoms with Crippen LogP contribution < -0.4 is 0 Å². The van der Waals surface area contributed by atoms with Gasteiger partial charge >= 0.3 is 5.97 Å². The molecule has 2 unspecified atom stereocenters. The molecule has 0 spiro atoms. The van der Waals surface area contributed by atoms with Crippen molar-refractivity contribution in [2.75, 3.05) is 6.61 Å². The lowest BCUT2D eigenvalue weighted by molar-refractivity contribution is -0.149. The summed E-state index contributed by atoms with van der Waals surface area (Å²) in [7, 11) is 1.96. The first kappa shape index (κ1) is 15.7. The molecule has 0 fully saturated rings. The second kappa shape index (κ2) is 6.52. The fraction of sp³-hybridized carbons (Fsp3) is 0.500. The molecule has 23 heavy (non-hydrogen) atoms.